The maximum Gasteiger partial charge on any atom is 0.253 e. The monoisotopic (exact) mass is 379 g/mol. The molecular weight excluding hydrogens is 350 g/mol. The normalized spacial score (nSPS) is 14.1. The lowest BCUT2D eigenvalue weighted by Crippen LogP contribution is -2.48. The molecule has 28 heavy (non-hydrogen) atoms. The zero-order valence-electron chi connectivity index (χ0n) is 17.0. The van der Waals surface area contributed by atoms with E-state index in [1.165, 1.54) is 11.3 Å². The molecular formula is C23H29N3O2. The highest BCUT2D eigenvalue weighted by molar-refractivity contribution is 5.99. The summed E-state index contributed by atoms with van der Waals surface area (Å²) in [6.07, 6.45) is 0. The van der Waals surface area contributed by atoms with Gasteiger partial charge in [0.25, 0.3) is 11.8 Å². The average molecular weight is 380 g/mol. The molecule has 1 aliphatic heterocycles. The van der Waals surface area contributed by atoms with E-state index >= 15 is 0 Å². The van der Waals surface area contributed by atoms with Gasteiger partial charge in [-0.3, -0.25) is 9.59 Å². The van der Waals surface area contributed by atoms with Crippen LogP contribution in [0.15, 0.2) is 48.5 Å². The molecule has 2 aromatic carbocycles. The van der Waals surface area contributed by atoms with Crippen LogP contribution in [0.2, 0.25) is 0 Å². The van der Waals surface area contributed by atoms with Crippen molar-refractivity contribution >= 4 is 17.5 Å². The number of rotatable bonds is 5. The number of aryl methyl sites for hydroxylation is 1. The van der Waals surface area contributed by atoms with Crippen LogP contribution in [0.3, 0.4) is 0 Å². The molecule has 2 aromatic rings. The lowest BCUT2D eigenvalue weighted by molar-refractivity contribution is 0.0746. The molecule has 1 saturated heterocycles. The fraction of sp³-hybridized carbons (Fsp3) is 0.391. The molecule has 0 unspecified atom stereocenters. The Kier molecular flexibility index (Phi) is 6.34. The second-order valence-electron chi connectivity index (χ2n) is 7.18. The predicted molar refractivity (Wildman–Crippen MR) is 113 cm³/mol. The third kappa shape index (κ3) is 4.35. The van der Waals surface area contributed by atoms with Crippen molar-refractivity contribution in [2.45, 2.75) is 20.8 Å². The van der Waals surface area contributed by atoms with Crippen LogP contribution >= 0.6 is 0 Å². The number of carbonyl (C=O) groups is 2. The van der Waals surface area contributed by atoms with Crippen LogP contribution in [0, 0.1) is 6.92 Å². The quantitative estimate of drug-likeness (QED) is 0.799. The van der Waals surface area contributed by atoms with Crippen molar-refractivity contribution in [3.8, 4) is 0 Å². The third-order valence-corrected chi connectivity index (χ3v) is 5.34. The van der Waals surface area contributed by atoms with E-state index in [1.807, 2.05) is 18.7 Å². The lowest BCUT2D eigenvalue weighted by atomic mass is 10.1. The highest BCUT2D eigenvalue weighted by Gasteiger charge is 2.23. The summed E-state index contributed by atoms with van der Waals surface area (Å²) in [5.74, 6) is -0.0259. The standard InChI is InChI=1S/C23H29N3O2/c1-4-24(5-2)22(27)19-9-7-10-20(17-19)23(28)26-14-12-25(13-15-26)21-11-6-8-18(3)16-21/h6-11,16-17H,4-5,12-15H2,1-3H3. The second-order valence-corrected chi connectivity index (χ2v) is 7.18. The summed E-state index contributed by atoms with van der Waals surface area (Å²) >= 11 is 0. The van der Waals surface area contributed by atoms with Gasteiger partial charge < -0.3 is 14.7 Å². The van der Waals surface area contributed by atoms with E-state index < -0.39 is 0 Å². The molecule has 148 valence electrons. The fourth-order valence-electron chi connectivity index (χ4n) is 3.65. The Labute approximate surface area is 167 Å². The number of hydrogen-bond acceptors (Lipinski definition) is 3. The molecule has 0 atom stereocenters. The van der Waals surface area contributed by atoms with Gasteiger partial charge in [-0.1, -0.05) is 18.2 Å². The first-order valence-corrected chi connectivity index (χ1v) is 10.0. The minimum absolute atomic E-state index is 0.00177. The van der Waals surface area contributed by atoms with E-state index in [9.17, 15) is 9.59 Å². The van der Waals surface area contributed by atoms with E-state index in [0.29, 0.717) is 37.3 Å². The first-order chi connectivity index (χ1) is 13.5. The molecule has 0 N–H and O–H groups in total. The lowest BCUT2D eigenvalue weighted by Gasteiger charge is -2.36. The summed E-state index contributed by atoms with van der Waals surface area (Å²) in [5, 5.41) is 0. The van der Waals surface area contributed by atoms with Crippen molar-refractivity contribution < 1.29 is 9.59 Å². The number of benzene rings is 2. The van der Waals surface area contributed by atoms with Crippen molar-refractivity contribution in [1.82, 2.24) is 9.80 Å². The largest absolute Gasteiger partial charge is 0.368 e. The van der Waals surface area contributed by atoms with Crippen LogP contribution in [-0.4, -0.2) is 60.9 Å². The number of nitrogens with zero attached hydrogens (tertiary/aromatic N) is 3. The van der Waals surface area contributed by atoms with Crippen LogP contribution in [-0.2, 0) is 0 Å². The Morgan fingerprint density at radius 3 is 2.18 bits per heavy atom. The average Bonchev–Trinajstić information content (AvgIpc) is 2.74. The maximum atomic E-state index is 13.0. The van der Waals surface area contributed by atoms with Crippen LogP contribution < -0.4 is 4.90 Å². The molecule has 5 nitrogen and oxygen atoms in total. The fourth-order valence-corrected chi connectivity index (χ4v) is 3.65. The van der Waals surface area contributed by atoms with Gasteiger partial charge in [-0.15, -0.1) is 0 Å². The minimum Gasteiger partial charge on any atom is -0.368 e. The van der Waals surface area contributed by atoms with E-state index in [0.717, 1.165) is 13.1 Å². The van der Waals surface area contributed by atoms with Crippen molar-refractivity contribution in [3.63, 3.8) is 0 Å². The third-order valence-electron chi connectivity index (χ3n) is 5.34. The van der Waals surface area contributed by atoms with Gasteiger partial charge in [-0.05, 0) is 56.7 Å². The summed E-state index contributed by atoms with van der Waals surface area (Å²) < 4.78 is 0. The number of anilines is 1. The second kappa shape index (κ2) is 8.91. The Morgan fingerprint density at radius 1 is 0.893 bits per heavy atom. The van der Waals surface area contributed by atoms with Gasteiger partial charge in [0.2, 0.25) is 0 Å². The zero-order valence-corrected chi connectivity index (χ0v) is 17.0. The van der Waals surface area contributed by atoms with Crippen molar-refractivity contribution in [2.24, 2.45) is 0 Å². The Morgan fingerprint density at radius 2 is 1.54 bits per heavy atom. The van der Waals surface area contributed by atoms with Gasteiger partial charge in [0.05, 0.1) is 0 Å². The van der Waals surface area contributed by atoms with Crippen LogP contribution in [0.5, 0.6) is 0 Å². The van der Waals surface area contributed by atoms with Crippen LogP contribution in [0.25, 0.3) is 0 Å². The zero-order chi connectivity index (χ0) is 20.1. The predicted octanol–water partition coefficient (Wildman–Crippen LogP) is 3.44. The van der Waals surface area contributed by atoms with Crippen LogP contribution in [0.1, 0.15) is 40.1 Å². The van der Waals surface area contributed by atoms with Gasteiger partial charge in [0.1, 0.15) is 0 Å². The smallest absolute Gasteiger partial charge is 0.253 e. The first-order valence-electron chi connectivity index (χ1n) is 10.0. The first kappa shape index (κ1) is 19.9. The Hall–Kier alpha value is -2.82. The van der Waals surface area contributed by atoms with Crippen molar-refractivity contribution in [3.05, 3.63) is 65.2 Å². The molecule has 3 rings (SSSR count). The van der Waals surface area contributed by atoms with Gasteiger partial charge >= 0.3 is 0 Å². The Balaban J connectivity index is 1.67. The molecule has 1 aliphatic rings. The molecule has 1 fully saturated rings. The summed E-state index contributed by atoms with van der Waals surface area (Å²) in [7, 11) is 0. The number of carbonyl (C=O) groups excluding carboxylic acids is 2. The van der Waals surface area contributed by atoms with Gasteiger partial charge in [-0.2, -0.15) is 0 Å². The van der Waals surface area contributed by atoms with Gasteiger partial charge in [0, 0.05) is 56.1 Å². The van der Waals surface area contributed by atoms with Crippen molar-refractivity contribution in [2.75, 3.05) is 44.2 Å². The van der Waals surface area contributed by atoms with E-state index in [4.69, 9.17) is 0 Å². The molecule has 1 heterocycles. The molecule has 0 bridgehead atoms. The maximum absolute atomic E-state index is 13.0. The summed E-state index contributed by atoms with van der Waals surface area (Å²) in [4.78, 5) is 31.5. The highest BCUT2D eigenvalue weighted by Crippen LogP contribution is 2.19. The van der Waals surface area contributed by atoms with E-state index in [-0.39, 0.29) is 11.8 Å². The SMILES string of the molecule is CCN(CC)C(=O)c1cccc(C(=O)N2CCN(c3cccc(C)c3)CC2)c1. The molecule has 0 radical (unpaired) electrons. The topological polar surface area (TPSA) is 43.9 Å². The van der Waals surface area contributed by atoms with Crippen LogP contribution in [0.4, 0.5) is 5.69 Å². The summed E-state index contributed by atoms with van der Waals surface area (Å²) in [6.45, 7) is 10.3. The molecule has 0 saturated carbocycles. The van der Waals surface area contributed by atoms with Crippen molar-refractivity contribution in [1.29, 1.82) is 0 Å². The number of piperazine rings is 1. The Bertz CT molecular complexity index is 837. The van der Waals surface area contributed by atoms with E-state index in [2.05, 4.69) is 36.1 Å². The number of hydrogen-bond donors (Lipinski definition) is 0. The van der Waals surface area contributed by atoms with Gasteiger partial charge in [0.15, 0.2) is 0 Å². The number of amides is 2. The van der Waals surface area contributed by atoms with E-state index in [1.54, 1.807) is 29.2 Å². The molecule has 0 aromatic heterocycles. The molecule has 5 heteroatoms. The molecule has 0 aliphatic carbocycles. The van der Waals surface area contributed by atoms with Gasteiger partial charge in [-0.25, -0.2) is 0 Å². The minimum atomic E-state index is -0.0242. The molecule has 2 amide bonds. The summed E-state index contributed by atoms with van der Waals surface area (Å²) in [5.41, 5.74) is 3.61. The highest BCUT2D eigenvalue weighted by atomic mass is 16.2. The summed E-state index contributed by atoms with van der Waals surface area (Å²) in [6, 6.07) is 15.6. The molecule has 0 spiro atoms.